The van der Waals surface area contributed by atoms with Crippen molar-refractivity contribution in [2.75, 3.05) is 18.4 Å². The minimum absolute atomic E-state index is 0.0174. The summed E-state index contributed by atoms with van der Waals surface area (Å²) >= 11 is 0. The maximum atomic E-state index is 12.6. The maximum Gasteiger partial charge on any atom is 0.321 e. The molecule has 4 rings (SSSR count). The van der Waals surface area contributed by atoms with Crippen LogP contribution in [0.3, 0.4) is 0 Å². The predicted molar refractivity (Wildman–Crippen MR) is 102 cm³/mol. The number of hydrogen-bond donors (Lipinski definition) is 2. The Labute approximate surface area is 147 Å². The predicted octanol–water partition coefficient (Wildman–Crippen LogP) is 4.42. The molecule has 1 aromatic heterocycles. The number of carbonyl (C=O) groups is 1. The van der Waals surface area contributed by atoms with E-state index in [9.17, 15) is 4.79 Å². The van der Waals surface area contributed by atoms with Crippen molar-refractivity contribution < 1.29 is 4.79 Å². The first-order valence-electron chi connectivity index (χ1n) is 8.83. The van der Waals surface area contributed by atoms with E-state index in [-0.39, 0.29) is 6.03 Å². The Morgan fingerprint density at radius 3 is 2.68 bits per heavy atom. The third kappa shape index (κ3) is 3.12. The molecule has 0 bridgehead atoms. The largest absolute Gasteiger partial charge is 0.358 e. The number of fused-ring (bicyclic) bond motifs is 3. The lowest BCUT2D eigenvalue weighted by Gasteiger charge is -2.21. The van der Waals surface area contributed by atoms with Gasteiger partial charge in [0.1, 0.15) is 0 Å². The molecule has 128 valence electrons. The summed E-state index contributed by atoms with van der Waals surface area (Å²) in [6, 6.07) is 14.4. The normalized spacial score (nSPS) is 14.2. The van der Waals surface area contributed by atoms with Crippen molar-refractivity contribution in [3.8, 4) is 0 Å². The topological polar surface area (TPSA) is 48.1 Å². The lowest BCUT2D eigenvalue weighted by Crippen LogP contribution is -2.36. The molecule has 2 heterocycles. The molecule has 2 amide bonds. The van der Waals surface area contributed by atoms with Crippen LogP contribution >= 0.6 is 0 Å². The molecular weight excluding hydrogens is 310 g/mol. The second kappa shape index (κ2) is 6.28. The molecular formula is C21H23N3O. The molecule has 0 radical (unpaired) electrons. The molecule has 0 aliphatic carbocycles. The molecule has 0 spiro atoms. The lowest BCUT2D eigenvalue weighted by atomic mass is 10.1. The van der Waals surface area contributed by atoms with Gasteiger partial charge in [0.25, 0.3) is 0 Å². The zero-order valence-electron chi connectivity index (χ0n) is 14.7. The van der Waals surface area contributed by atoms with Gasteiger partial charge in [-0.15, -0.1) is 0 Å². The molecule has 4 nitrogen and oxygen atoms in total. The molecule has 1 aliphatic heterocycles. The zero-order valence-corrected chi connectivity index (χ0v) is 14.7. The van der Waals surface area contributed by atoms with Gasteiger partial charge in [-0.25, -0.2) is 4.79 Å². The van der Waals surface area contributed by atoms with Crippen molar-refractivity contribution in [3.63, 3.8) is 0 Å². The number of nitrogens with zero attached hydrogens (tertiary/aromatic N) is 1. The smallest absolute Gasteiger partial charge is 0.321 e. The van der Waals surface area contributed by atoms with E-state index in [1.807, 2.05) is 36.1 Å². The highest BCUT2D eigenvalue weighted by molar-refractivity contribution is 5.90. The van der Waals surface area contributed by atoms with Crippen molar-refractivity contribution in [2.24, 2.45) is 0 Å². The van der Waals surface area contributed by atoms with Gasteiger partial charge in [-0.2, -0.15) is 0 Å². The van der Waals surface area contributed by atoms with Crippen molar-refractivity contribution >= 4 is 22.6 Å². The monoisotopic (exact) mass is 333 g/mol. The van der Waals surface area contributed by atoms with E-state index in [0.717, 1.165) is 37.2 Å². The van der Waals surface area contributed by atoms with Crippen LogP contribution in [0.1, 0.15) is 22.4 Å². The Hall–Kier alpha value is -2.75. The van der Waals surface area contributed by atoms with E-state index in [4.69, 9.17) is 0 Å². The van der Waals surface area contributed by atoms with Crippen LogP contribution in [-0.2, 0) is 12.8 Å². The van der Waals surface area contributed by atoms with Crippen LogP contribution in [0.25, 0.3) is 10.9 Å². The van der Waals surface area contributed by atoms with Crippen molar-refractivity contribution in [3.05, 3.63) is 64.8 Å². The summed E-state index contributed by atoms with van der Waals surface area (Å²) in [6.45, 7) is 5.63. The highest BCUT2D eigenvalue weighted by Gasteiger charge is 2.21. The van der Waals surface area contributed by atoms with Crippen LogP contribution in [-0.4, -0.2) is 29.0 Å². The number of nitrogens with one attached hydrogen (secondary N) is 2. The van der Waals surface area contributed by atoms with E-state index >= 15 is 0 Å². The second-order valence-corrected chi connectivity index (χ2v) is 6.92. The van der Waals surface area contributed by atoms with E-state index in [0.29, 0.717) is 0 Å². The van der Waals surface area contributed by atoms with Crippen LogP contribution in [0, 0.1) is 13.8 Å². The van der Waals surface area contributed by atoms with Crippen LogP contribution in [0.5, 0.6) is 0 Å². The standard InChI is InChI=1S/C21H23N3O/c1-14-4-3-5-16(12-14)22-21(25)24-10-8-17-18-13-15(2)6-7-19(18)23-20(17)9-11-24/h3-7,12-13,23H,8-11H2,1-2H3,(H,22,25). The number of amides is 2. The summed E-state index contributed by atoms with van der Waals surface area (Å²) in [5.41, 5.74) is 7.11. The van der Waals surface area contributed by atoms with Crippen molar-refractivity contribution in [1.82, 2.24) is 9.88 Å². The molecule has 2 aromatic carbocycles. The van der Waals surface area contributed by atoms with Gasteiger partial charge in [0.2, 0.25) is 0 Å². The van der Waals surface area contributed by atoms with Gasteiger partial charge in [-0.3, -0.25) is 0 Å². The van der Waals surface area contributed by atoms with Gasteiger partial charge in [-0.1, -0.05) is 23.8 Å². The van der Waals surface area contributed by atoms with Gasteiger partial charge < -0.3 is 15.2 Å². The van der Waals surface area contributed by atoms with E-state index in [2.05, 4.69) is 35.4 Å². The first-order chi connectivity index (χ1) is 12.1. The van der Waals surface area contributed by atoms with Crippen LogP contribution in [0.15, 0.2) is 42.5 Å². The number of carbonyl (C=O) groups excluding carboxylic acids is 1. The highest BCUT2D eigenvalue weighted by atomic mass is 16.2. The minimum Gasteiger partial charge on any atom is -0.358 e. The Morgan fingerprint density at radius 2 is 1.84 bits per heavy atom. The first-order valence-corrected chi connectivity index (χ1v) is 8.83. The summed E-state index contributed by atoms with van der Waals surface area (Å²) in [6.07, 6.45) is 1.75. The lowest BCUT2D eigenvalue weighted by molar-refractivity contribution is 0.214. The molecule has 1 aliphatic rings. The Balaban J connectivity index is 1.51. The van der Waals surface area contributed by atoms with Crippen molar-refractivity contribution in [1.29, 1.82) is 0 Å². The van der Waals surface area contributed by atoms with Crippen LogP contribution in [0.2, 0.25) is 0 Å². The molecule has 0 unspecified atom stereocenters. The number of hydrogen-bond acceptors (Lipinski definition) is 1. The second-order valence-electron chi connectivity index (χ2n) is 6.92. The fourth-order valence-corrected chi connectivity index (χ4v) is 3.65. The average Bonchev–Trinajstić information content (AvgIpc) is 2.78. The molecule has 2 N–H and O–H groups in total. The van der Waals surface area contributed by atoms with Crippen LogP contribution in [0.4, 0.5) is 10.5 Å². The molecule has 4 heteroatoms. The number of H-pyrrole nitrogens is 1. The third-order valence-electron chi connectivity index (χ3n) is 4.97. The van der Waals surface area contributed by atoms with E-state index in [1.165, 1.54) is 27.7 Å². The molecule has 3 aromatic rings. The summed E-state index contributed by atoms with van der Waals surface area (Å²) in [7, 11) is 0. The van der Waals surface area contributed by atoms with Crippen LogP contribution < -0.4 is 5.32 Å². The molecule has 0 saturated heterocycles. The highest BCUT2D eigenvalue weighted by Crippen LogP contribution is 2.27. The van der Waals surface area contributed by atoms with Gasteiger partial charge in [0.05, 0.1) is 0 Å². The summed E-state index contributed by atoms with van der Waals surface area (Å²) < 4.78 is 0. The molecule has 0 fully saturated rings. The summed E-state index contributed by atoms with van der Waals surface area (Å²) in [5.74, 6) is 0. The SMILES string of the molecule is Cc1cccc(NC(=O)N2CCc3[nH]c4ccc(C)cc4c3CC2)c1. The minimum atomic E-state index is -0.0174. The number of aromatic nitrogens is 1. The molecule has 0 saturated carbocycles. The number of anilines is 1. The Morgan fingerprint density at radius 1 is 1.04 bits per heavy atom. The number of aryl methyl sites for hydroxylation is 2. The van der Waals surface area contributed by atoms with E-state index < -0.39 is 0 Å². The van der Waals surface area contributed by atoms with Gasteiger partial charge in [-0.05, 0) is 55.7 Å². The molecule has 0 atom stereocenters. The number of aromatic amines is 1. The first kappa shape index (κ1) is 15.8. The van der Waals surface area contributed by atoms with Gasteiger partial charge in [0, 0.05) is 41.8 Å². The quantitative estimate of drug-likeness (QED) is 0.680. The summed E-state index contributed by atoms with van der Waals surface area (Å²) in [5, 5.41) is 4.32. The average molecular weight is 333 g/mol. The number of urea groups is 1. The third-order valence-corrected chi connectivity index (χ3v) is 4.97. The van der Waals surface area contributed by atoms with Gasteiger partial charge in [0.15, 0.2) is 0 Å². The Bertz CT molecular complexity index is 941. The fraction of sp³-hybridized carbons (Fsp3) is 0.286. The summed E-state index contributed by atoms with van der Waals surface area (Å²) in [4.78, 5) is 18.1. The van der Waals surface area contributed by atoms with Crippen molar-refractivity contribution in [2.45, 2.75) is 26.7 Å². The number of rotatable bonds is 1. The maximum absolute atomic E-state index is 12.6. The number of benzene rings is 2. The van der Waals surface area contributed by atoms with Gasteiger partial charge >= 0.3 is 6.03 Å². The molecule has 25 heavy (non-hydrogen) atoms. The zero-order chi connectivity index (χ0) is 17.4. The Kier molecular flexibility index (Phi) is 3.96. The fourth-order valence-electron chi connectivity index (χ4n) is 3.65. The van der Waals surface area contributed by atoms with E-state index in [1.54, 1.807) is 0 Å².